The highest BCUT2D eigenvalue weighted by Crippen LogP contribution is 2.33. The van der Waals surface area contributed by atoms with Crippen molar-refractivity contribution in [3.63, 3.8) is 0 Å². The molecule has 1 aliphatic heterocycles. The Morgan fingerprint density at radius 2 is 2.02 bits per heavy atom. The smallest absolute Gasteiger partial charge is 0.303 e. The molecular weight excluding hydrogens is 629 g/mol. The highest BCUT2D eigenvalue weighted by Gasteiger charge is 2.26. The number of nitrogens with one attached hydrogen (secondary N) is 2. The Bertz CT molecular complexity index is 1780. The lowest BCUT2D eigenvalue weighted by Gasteiger charge is -2.31. The second-order valence-corrected chi connectivity index (χ2v) is 13.0. The highest BCUT2D eigenvalue weighted by molar-refractivity contribution is 7.22. The Hall–Kier alpha value is -4.91. The van der Waals surface area contributed by atoms with Crippen molar-refractivity contribution in [2.75, 3.05) is 13.2 Å². The number of rotatable bonds is 13. The van der Waals surface area contributed by atoms with Gasteiger partial charge in [-0.05, 0) is 81.9 Å². The Labute approximate surface area is 284 Å². The summed E-state index contributed by atoms with van der Waals surface area (Å²) in [4.78, 5) is 22.0. The molecule has 6 N–H and O–H groups in total. The molecule has 0 amide bonds. The van der Waals surface area contributed by atoms with Crippen molar-refractivity contribution in [1.29, 1.82) is 5.41 Å². The molecule has 254 valence electrons. The number of benzene rings is 1. The molecule has 2 aromatic heterocycles. The molecule has 12 nitrogen and oxygen atoms in total. The van der Waals surface area contributed by atoms with E-state index in [2.05, 4.69) is 15.3 Å². The number of fused-ring (bicyclic) bond motifs is 1. The first kappa shape index (κ1) is 34.4. The van der Waals surface area contributed by atoms with Gasteiger partial charge in [0.15, 0.2) is 0 Å². The summed E-state index contributed by atoms with van der Waals surface area (Å²) in [7, 11) is 0. The maximum absolute atomic E-state index is 11.4. The molecule has 48 heavy (non-hydrogen) atoms. The number of thiazole rings is 1. The molecule has 1 saturated carbocycles. The summed E-state index contributed by atoms with van der Waals surface area (Å²) >= 11 is 1.42. The van der Waals surface area contributed by atoms with E-state index in [1.54, 1.807) is 24.8 Å². The van der Waals surface area contributed by atoms with Crippen LogP contribution in [0.5, 0.6) is 0 Å². The molecule has 3 heterocycles. The van der Waals surface area contributed by atoms with Crippen LogP contribution in [0.1, 0.15) is 70.1 Å². The molecule has 0 saturated heterocycles. The highest BCUT2D eigenvalue weighted by atomic mass is 32.1. The van der Waals surface area contributed by atoms with Crippen LogP contribution in [0.2, 0.25) is 0 Å². The number of hydrogen-bond acceptors (Lipinski definition) is 9. The molecule has 1 aromatic carbocycles. The lowest BCUT2D eigenvalue weighted by molar-refractivity contribution is -0.137. The van der Waals surface area contributed by atoms with Crippen molar-refractivity contribution in [3.8, 4) is 0 Å². The number of carboxylic acid groups (broad SMARTS) is 1. The van der Waals surface area contributed by atoms with Crippen molar-refractivity contribution < 1.29 is 19.7 Å². The molecule has 5 rings (SSSR count). The predicted molar refractivity (Wildman–Crippen MR) is 190 cm³/mol. The van der Waals surface area contributed by atoms with Gasteiger partial charge in [0.2, 0.25) is 5.13 Å². The van der Waals surface area contributed by atoms with Crippen LogP contribution in [-0.4, -0.2) is 60.7 Å². The Morgan fingerprint density at radius 3 is 2.75 bits per heavy atom. The van der Waals surface area contributed by atoms with E-state index in [1.807, 2.05) is 54.2 Å². The standard InChI is InChI=1S/C35H44N8O4S/c1-4-47-34(46)32-25(26-20-38-43(23(26)3)21-24-11-6-5-7-12-24)16-17-30(40-32)42(18-10-15-31(44)45)29(36)19-22(2)33(37)41-35-39-27-13-8-9-14-28(27)48-35/h8-9,13-14,16-17,19-20,24,36,40,46H,4-7,10-12,15,18,21H2,1-3H3,(H,44,45)(H2,37,39,41)/b22-19-,34-32+,36-29?. The number of amidine groups is 2. The van der Waals surface area contributed by atoms with Gasteiger partial charge >= 0.3 is 11.9 Å². The molecule has 0 atom stereocenters. The van der Waals surface area contributed by atoms with Gasteiger partial charge in [0, 0.05) is 36.3 Å². The Balaban J connectivity index is 1.45. The van der Waals surface area contributed by atoms with Crippen molar-refractivity contribution in [3.05, 3.63) is 83.0 Å². The van der Waals surface area contributed by atoms with Crippen LogP contribution in [0, 0.1) is 18.3 Å². The third-order valence-electron chi connectivity index (χ3n) is 8.58. The van der Waals surface area contributed by atoms with E-state index >= 15 is 0 Å². The lowest BCUT2D eigenvalue weighted by Crippen LogP contribution is -2.38. The number of aliphatic hydroxyl groups is 1. The second-order valence-electron chi connectivity index (χ2n) is 12.0. The summed E-state index contributed by atoms with van der Waals surface area (Å²) in [6.07, 6.45) is 13.5. The third kappa shape index (κ3) is 8.32. The first-order chi connectivity index (χ1) is 23.1. The molecule has 0 spiro atoms. The molecule has 3 aromatic rings. The summed E-state index contributed by atoms with van der Waals surface area (Å²) in [5, 5.41) is 37.9. The number of carbonyl (C=O) groups is 1. The monoisotopic (exact) mass is 672 g/mol. The quantitative estimate of drug-likeness (QED) is 0.0747. The average molecular weight is 673 g/mol. The van der Waals surface area contributed by atoms with E-state index in [1.165, 1.54) is 43.4 Å². The van der Waals surface area contributed by atoms with E-state index in [9.17, 15) is 15.0 Å². The van der Waals surface area contributed by atoms with Crippen molar-refractivity contribution in [2.45, 2.75) is 72.3 Å². The summed E-state index contributed by atoms with van der Waals surface area (Å²) in [5.74, 6) is 0.126. The minimum absolute atomic E-state index is 0.0580. The van der Waals surface area contributed by atoms with Gasteiger partial charge in [-0.2, -0.15) is 5.10 Å². The molecular formula is C35H44N8O4S. The molecule has 0 unspecified atom stereocenters. The van der Waals surface area contributed by atoms with E-state index in [0.717, 1.165) is 28.0 Å². The maximum Gasteiger partial charge on any atom is 0.303 e. The number of hydrogen-bond donors (Lipinski definition) is 5. The van der Waals surface area contributed by atoms with Gasteiger partial charge in [-0.25, -0.2) is 9.98 Å². The minimum Gasteiger partial charge on any atom is -0.481 e. The van der Waals surface area contributed by atoms with Crippen LogP contribution in [0.15, 0.2) is 76.7 Å². The summed E-state index contributed by atoms with van der Waals surface area (Å²) in [5.41, 5.74) is 10.6. The number of allylic oxidation sites excluding steroid dienone is 3. The zero-order valence-corrected chi connectivity index (χ0v) is 28.5. The fourth-order valence-corrected chi connectivity index (χ4v) is 6.82. The largest absolute Gasteiger partial charge is 0.481 e. The maximum atomic E-state index is 11.4. The zero-order chi connectivity index (χ0) is 34.2. The molecule has 1 aliphatic carbocycles. The molecule has 13 heteroatoms. The number of aliphatic hydroxyl groups excluding tert-OH is 1. The SMILES string of the molecule is CCO/C(O)=C1/NC(N(CCCC(=O)O)C(=N)/C=C(C)\C(N)=N\c2nc3ccccc3s2)=CC=C1c1cnn(CC2CCCCC2)c1C. The topological polar surface area (TPSA) is 175 Å². The van der Waals surface area contributed by atoms with E-state index < -0.39 is 5.97 Å². The fourth-order valence-electron chi connectivity index (χ4n) is 5.97. The number of aliphatic imine (C=N–C) groups is 1. The van der Waals surface area contributed by atoms with Gasteiger partial charge in [0.25, 0.3) is 0 Å². The normalized spacial score (nSPS) is 17.1. The van der Waals surface area contributed by atoms with Gasteiger partial charge in [-0.3, -0.25) is 14.9 Å². The second kappa shape index (κ2) is 15.8. The third-order valence-corrected chi connectivity index (χ3v) is 9.51. The molecule has 2 aliphatic rings. The van der Waals surface area contributed by atoms with Gasteiger partial charge in [-0.1, -0.05) is 42.7 Å². The van der Waals surface area contributed by atoms with Crippen LogP contribution < -0.4 is 11.1 Å². The number of para-hydroxylation sites is 1. The number of aliphatic carboxylic acids is 1. The van der Waals surface area contributed by atoms with Crippen LogP contribution in [0.25, 0.3) is 15.8 Å². The number of carboxylic acids is 1. The van der Waals surface area contributed by atoms with E-state index in [0.29, 0.717) is 33.7 Å². The average Bonchev–Trinajstić information content (AvgIpc) is 3.65. The van der Waals surface area contributed by atoms with Gasteiger partial charge < -0.3 is 30.9 Å². The van der Waals surface area contributed by atoms with Crippen molar-refractivity contribution in [1.82, 2.24) is 25.0 Å². The molecule has 1 fully saturated rings. The number of ether oxygens (including phenoxy) is 1. The van der Waals surface area contributed by atoms with Crippen LogP contribution >= 0.6 is 11.3 Å². The molecule has 0 radical (unpaired) electrons. The Morgan fingerprint density at radius 1 is 1.25 bits per heavy atom. The summed E-state index contributed by atoms with van der Waals surface area (Å²) < 4.78 is 8.60. The van der Waals surface area contributed by atoms with Gasteiger partial charge in [0.1, 0.15) is 23.2 Å². The fraction of sp³-hybridized carbons (Fsp3) is 0.400. The minimum atomic E-state index is -0.927. The van der Waals surface area contributed by atoms with Crippen LogP contribution in [0.4, 0.5) is 5.13 Å². The van der Waals surface area contributed by atoms with Gasteiger partial charge in [0.05, 0.1) is 23.0 Å². The Kier molecular flexibility index (Phi) is 11.3. The number of nitrogens with two attached hydrogens (primary N) is 1. The summed E-state index contributed by atoms with van der Waals surface area (Å²) in [6, 6.07) is 7.74. The first-order valence-electron chi connectivity index (χ1n) is 16.4. The number of dihydropyridines is 1. The van der Waals surface area contributed by atoms with Crippen molar-refractivity contribution >= 4 is 49.9 Å². The number of nitrogens with zero attached hydrogens (tertiary/aromatic N) is 5. The van der Waals surface area contributed by atoms with Crippen LogP contribution in [-0.2, 0) is 16.1 Å². The molecule has 0 bridgehead atoms. The van der Waals surface area contributed by atoms with E-state index in [-0.39, 0.29) is 43.6 Å². The lowest BCUT2D eigenvalue weighted by atomic mass is 9.89. The van der Waals surface area contributed by atoms with Crippen LogP contribution in [0.3, 0.4) is 0 Å². The number of aromatic nitrogens is 3. The predicted octanol–water partition coefficient (Wildman–Crippen LogP) is 6.75. The van der Waals surface area contributed by atoms with Crippen molar-refractivity contribution in [2.24, 2.45) is 16.6 Å². The summed E-state index contributed by atoms with van der Waals surface area (Å²) in [6.45, 7) is 6.90. The van der Waals surface area contributed by atoms with E-state index in [4.69, 9.17) is 21.0 Å². The van der Waals surface area contributed by atoms with Gasteiger partial charge in [-0.15, -0.1) is 0 Å². The first-order valence-corrected chi connectivity index (χ1v) is 17.2. The zero-order valence-electron chi connectivity index (χ0n) is 27.7.